The van der Waals surface area contributed by atoms with Crippen molar-refractivity contribution in [1.82, 2.24) is 14.8 Å². The smallest absolute Gasteiger partial charge is 0.352 e. The van der Waals surface area contributed by atoms with Crippen LogP contribution in [0.3, 0.4) is 0 Å². The molecule has 8 nitrogen and oxygen atoms in total. The summed E-state index contributed by atoms with van der Waals surface area (Å²) in [5.41, 5.74) is 0.631. The molecule has 10 heteroatoms. The predicted octanol–water partition coefficient (Wildman–Crippen LogP) is 2.46. The average Bonchev–Trinajstić information content (AvgIpc) is 3.17. The number of carboxylic acids is 1. The molecule has 2 heterocycles. The molecule has 0 radical (unpaired) electrons. The Bertz CT molecular complexity index is 1010. The van der Waals surface area contributed by atoms with Crippen LogP contribution in [0.15, 0.2) is 58.3 Å². The van der Waals surface area contributed by atoms with Crippen LogP contribution in [-0.4, -0.2) is 34.3 Å². The molecule has 24 heavy (non-hydrogen) atoms. The number of aromatic carboxylic acids is 1. The minimum absolute atomic E-state index is 0.170. The molecular formula is C14H11BrN4O4S. The Balaban J connectivity index is 1.97. The summed E-state index contributed by atoms with van der Waals surface area (Å²) in [5.74, 6) is -1.24. The van der Waals surface area contributed by atoms with E-state index in [9.17, 15) is 13.2 Å². The van der Waals surface area contributed by atoms with Crippen LogP contribution in [0.2, 0.25) is 0 Å². The van der Waals surface area contributed by atoms with E-state index in [1.165, 1.54) is 4.68 Å². The fourth-order valence-electron chi connectivity index (χ4n) is 2.05. The summed E-state index contributed by atoms with van der Waals surface area (Å²) in [7, 11) is -3.95. The molecule has 3 aromatic rings. The van der Waals surface area contributed by atoms with E-state index in [1.807, 2.05) is 0 Å². The van der Waals surface area contributed by atoms with Crippen molar-refractivity contribution in [2.45, 2.75) is 4.90 Å². The fraction of sp³-hybridized carbons (Fsp3) is 0. The molecule has 2 aromatic heterocycles. The number of hydrogen-bond donors (Lipinski definition) is 3. The Hall–Kier alpha value is -2.59. The number of rotatable bonds is 5. The number of benzene rings is 1. The first kappa shape index (κ1) is 16.3. The lowest BCUT2D eigenvalue weighted by molar-refractivity contribution is 0.0691. The second kappa shape index (κ2) is 6.13. The molecule has 0 spiro atoms. The molecule has 0 amide bonds. The Morgan fingerprint density at radius 2 is 2.08 bits per heavy atom. The summed E-state index contributed by atoms with van der Waals surface area (Å²) in [5, 5.41) is 13.0. The molecular weight excluding hydrogens is 400 g/mol. The van der Waals surface area contributed by atoms with Gasteiger partial charge in [0.1, 0.15) is 10.6 Å². The maximum absolute atomic E-state index is 12.5. The molecule has 0 bridgehead atoms. The monoisotopic (exact) mass is 410 g/mol. The van der Waals surface area contributed by atoms with Crippen LogP contribution in [-0.2, 0) is 10.0 Å². The zero-order valence-corrected chi connectivity index (χ0v) is 14.4. The largest absolute Gasteiger partial charge is 0.477 e. The van der Waals surface area contributed by atoms with Crippen molar-refractivity contribution in [2.24, 2.45) is 0 Å². The highest BCUT2D eigenvalue weighted by Crippen LogP contribution is 2.24. The van der Waals surface area contributed by atoms with E-state index >= 15 is 0 Å². The van der Waals surface area contributed by atoms with Crippen molar-refractivity contribution < 1.29 is 18.3 Å². The summed E-state index contributed by atoms with van der Waals surface area (Å²) in [4.78, 5) is 13.1. The van der Waals surface area contributed by atoms with Crippen LogP contribution in [0.5, 0.6) is 0 Å². The van der Waals surface area contributed by atoms with Gasteiger partial charge in [-0.15, -0.1) is 0 Å². The van der Waals surface area contributed by atoms with Gasteiger partial charge in [-0.2, -0.15) is 5.10 Å². The number of hydrogen-bond acceptors (Lipinski definition) is 4. The van der Waals surface area contributed by atoms with Crippen LogP contribution in [0.25, 0.3) is 5.69 Å². The zero-order chi connectivity index (χ0) is 17.3. The second-order valence-electron chi connectivity index (χ2n) is 4.78. The molecule has 124 valence electrons. The fourth-order valence-corrected chi connectivity index (χ4v) is 3.40. The first-order valence-electron chi connectivity index (χ1n) is 6.61. The van der Waals surface area contributed by atoms with E-state index < -0.39 is 16.0 Å². The highest BCUT2D eigenvalue weighted by molar-refractivity contribution is 9.10. The Morgan fingerprint density at radius 1 is 1.33 bits per heavy atom. The minimum Gasteiger partial charge on any atom is -0.477 e. The SMILES string of the molecule is O=C(O)c1cc(S(=O)(=O)Nc2ccccc2-n2cc(Br)cn2)c[nH]1. The molecule has 0 atom stereocenters. The number of carbonyl (C=O) groups is 1. The van der Waals surface area contributed by atoms with Gasteiger partial charge in [0.2, 0.25) is 0 Å². The first-order valence-corrected chi connectivity index (χ1v) is 8.88. The van der Waals surface area contributed by atoms with Crippen molar-refractivity contribution in [3.63, 3.8) is 0 Å². The van der Waals surface area contributed by atoms with Crippen molar-refractivity contribution in [3.8, 4) is 5.69 Å². The number of H-pyrrole nitrogens is 1. The number of sulfonamides is 1. The van der Waals surface area contributed by atoms with Gasteiger partial charge in [-0.3, -0.25) is 4.72 Å². The molecule has 0 aliphatic rings. The second-order valence-corrected chi connectivity index (χ2v) is 7.38. The first-order chi connectivity index (χ1) is 11.4. The van der Waals surface area contributed by atoms with Crippen molar-refractivity contribution in [2.75, 3.05) is 4.72 Å². The number of anilines is 1. The standard InChI is InChI=1S/C14H11BrN4O4S/c15-9-6-17-19(8-9)13-4-2-1-3-11(13)18-24(22,23)10-5-12(14(20)21)16-7-10/h1-8,16,18H,(H,20,21). The molecule has 0 saturated carbocycles. The van der Waals surface area contributed by atoms with Crippen molar-refractivity contribution >= 4 is 37.6 Å². The summed E-state index contributed by atoms with van der Waals surface area (Å²) >= 11 is 3.29. The van der Waals surface area contributed by atoms with E-state index in [2.05, 4.69) is 30.7 Å². The number of nitrogens with zero attached hydrogens (tertiary/aromatic N) is 2. The third kappa shape index (κ3) is 3.19. The third-order valence-electron chi connectivity index (χ3n) is 3.14. The van der Waals surface area contributed by atoms with Gasteiger partial charge >= 0.3 is 5.97 Å². The van der Waals surface area contributed by atoms with Crippen LogP contribution in [0.4, 0.5) is 5.69 Å². The molecule has 1 aromatic carbocycles. The van der Waals surface area contributed by atoms with Gasteiger partial charge in [0, 0.05) is 12.4 Å². The third-order valence-corrected chi connectivity index (χ3v) is 4.90. The van der Waals surface area contributed by atoms with E-state index in [-0.39, 0.29) is 10.6 Å². The topological polar surface area (TPSA) is 117 Å². The highest BCUT2D eigenvalue weighted by atomic mass is 79.9. The molecule has 0 saturated heterocycles. The predicted molar refractivity (Wildman–Crippen MR) is 89.8 cm³/mol. The van der Waals surface area contributed by atoms with Crippen molar-refractivity contribution in [3.05, 3.63) is 59.1 Å². The molecule has 0 fully saturated rings. The Labute approximate surface area is 145 Å². The van der Waals surface area contributed by atoms with Crippen molar-refractivity contribution in [1.29, 1.82) is 0 Å². The van der Waals surface area contributed by atoms with E-state index in [1.54, 1.807) is 36.7 Å². The van der Waals surface area contributed by atoms with Gasteiger partial charge in [-0.05, 0) is 34.1 Å². The molecule has 0 aliphatic carbocycles. The lowest BCUT2D eigenvalue weighted by Crippen LogP contribution is -2.14. The number of carboxylic acid groups (broad SMARTS) is 1. The van der Waals surface area contributed by atoms with Crippen LogP contribution >= 0.6 is 15.9 Å². The summed E-state index contributed by atoms with van der Waals surface area (Å²) < 4.78 is 29.6. The van der Waals surface area contributed by atoms with Crippen LogP contribution in [0, 0.1) is 0 Å². The number of halogens is 1. The van der Waals surface area contributed by atoms with Gasteiger partial charge in [-0.25, -0.2) is 17.9 Å². The van der Waals surface area contributed by atoms with E-state index in [0.717, 1.165) is 16.7 Å². The number of para-hydroxylation sites is 2. The van der Waals surface area contributed by atoms with Crippen LogP contribution < -0.4 is 4.72 Å². The lowest BCUT2D eigenvalue weighted by Gasteiger charge is -2.11. The number of aromatic amines is 1. The van der Waals surface area contributed by atoms with E-state index in [4.69, 9.17) is 5.11 Å². The average molecular weight is 411 g/mol. The summed E-state index contributed by atoms with van der Waals surface area (Å²) in [6, 6.07) is 7.78. The number of nitrogens with one attached hydrogen (secondary N) is 2. The maximum atomic E-state index is 12.5. The summed E-state index contributed by atoms with van der Waals surface area (Å²) in [6.45, 7) is 0. The minimum atomic E-state index is -3.95. The maximum Gasteiger partial charge on any atom is 0.352 e. The molecule has 0 unspecified atom stereocenters. The van der Waals surface area contributed by atoms with E-state index in [0.29, 0.717) is 11.4 Å². The zero-order valence-electron chi connectivity index (χ0n) is 12.0. The number of aromatic nitrogens is 3. The van der Waals surface area contributed by atoms with Gasteiger partial charge in [-0.1, -0.05) is 12.1 Å². The van der Waals surface area contributed by atoms with Gasteiger partial charge in [0.25, 0.3) is 10.0 Å². The van der Waals surface area contributed by atoms with Gasteiger partial charge in [0.15, 0.2) is 0 Å². The molecule has 0 aliphatic heterocycles. The quantitative estimate of drug-likeness (QED) is 0.596. The van der Waals surface area contributed by atoms with Gasteiger partial charge in [0.05, 0.1) is 22.0 Å². The van der Waals surface area contributed by atoms with Crippen LogP contribution in [0.1, 0.15) is 10.5 Å². The Kier molecular flexibility index (Phi) is 4.16. The molecule has 3 N–H and O–H groups in total. The Morgan fingerprint density at radius 3 is 2.71 bits per heavy atom. The summed E-state index contributed by atoms with van der Waals surface area (Å²) in [6.07, 6.45) is 4.39. The van der Waals surface area contributed by atoms with Gasteiger partial charge < -0.3 is 10.1 Å². The lowest BCUT2D eigenvalue weighted by atomic mass is 10.3. The molecule has 3 rings (SSSR count). The highest BCUT2D eigenvalue weighted by Gasteiger charge is 2.20. The normalized spacial score (nSPS) is 11.4.